The number of amides is 1. The van der Waals surface area contributed by atoms with E-state index in [9.17, 15) is 4.79 Å². The molecule has 0 atom stereocenters. The van der Waals surface area contributed by atoms with Crippen molar-refractivity contribution in [1.82, 2.24) is 19.4 Å². The molecule has 1 aliphatic rings. The van der Waals surface area contributed by atoms with E-state index in [2.05, 4.69) is 46.5 Å². The molecular weight excluding hydrogens is 408 g/mol. The van der Waals surface area contributed by atoms with Crippen LogP contribution in [0.5, 0.6) is 0 Å². The molecule has 0 radical (unpaired) electrons. The maximum Gasteiger partial charge on any atom is 0.264 e. The molecular formula is C24H30N4O2S. The molecule has 1 aliphatic heterocycles. The first kappa shape index (κ1) is 21.7. The number of imidazole rings is 1. The summed E-state index contributed by atoms with van der Waals surface area (Å²) >= 11 is 1.49. The van der Waals surface area contributed by atoms with E-state index in [1.165, 1.54) is 28.0 Å². The van der Waals surface area contributed by atoms with Gasteiger partial charge in [0, 0.05) is 45.1 Å². The van der Waals surface area contributed by atoms with Crippen LogP contribution in [0.1, 0.15) is 32.2 Å². The highest BCUT2D eigenvalue weighted by atomic mass is 32.1. The monoisotopic (exact) mass is 438 g/mol. The molecule has 6 nitrogen and oxygen atoms in total. The Hall–Kier alpha value is -2.48. The number of ether oxygens (including phenoxy) is 1. The third-order valence-corrected chi connectivity index (χ3v) is 6.65. The van der Waals surface area contributed by atoms with Gasteiger partial charge in [0.25, 0.3) is 5.91 Å². The molecule has 0 bridgehead atoms. The van der Waals surface area contributed by atoms with Crippen LogP contribution in [0, 0.1) is 13.8 Å². The second kappa shape index (κ2) is 10.2. The van der Waals surface area contributed by atoms with Gasteiger partial charge in [-0.1, -0.05) is 29.8 Å². The van der Waals surface area contributed by atoms with E-state index in [0.717, 1.165) is 50.1 Å². The van der Waals surface area contributed by atoms with E-state index in [4.69, 9.17) is 4.74 Å². The highest BCUT2D eigenvalue weighted by Gasteiger charge is 2.21. The summed E-state index contributed by atoms with van der Waals surface area (Å²) in [5.41, 5.74) is 3.80. The summed E-state index contributed by atoms with van der Waals surface area (Å²) in [4.78, 5) is 22.9. The summed E-state index contributed by atoms with van der Waals surface area (Å²) in [5.74, 6) is 0.984. The summed E-state index contributed by atoms with van der Waals surface area (Å²) in [6.45, 7) is 10.4. The van der Waals surface area contributed by atoms with Gasteiger partial charge in [0.15, 0.2) is 0 Å². The van der Waals surface area contributed by atoms with Gasteiger partial charge in [0.2, 0.25) is 0 Å². The molecule has 1 saturated heterocycles. The average Bonchev–Trinajstić information content (AvgIpc) is 3.46. The molecule has 0 N–H and O–H groups in total. The molecule has 3 aromatic rings. The van der Waals surface area contributed by atoms with E-state index < -0.39 is 0 Å². The molecule has 0 saturated carbocycles. The van der Waals surface area contributed by atoms with E-state index in [1.54, 1.807) is 0 Å². The van der Waals surface area contributed by atoms with Crippen molar-refractivity contribution < 1.29 is 9.53 Å². The lowest BCUT2D eigenvalue weighted by Gasteiger charge is -2.30. The fraction of sp³-hybridized carbons (Fsp3) is 0.417. The quantitative estimate of drug-likeness (QED) is 0.539. The van der Waals surface area contributed by atoms with Crippen molar-refractivity contribution in [3.8, 4) is 0 Å². The van der Waals surface area contributed by atoms with Crippen LogP contribution in [-0.4, -0.2) is 64.7 Å². The SMILES string of the molecule is Cc1ccc(C)c(Cn2ccnc2CN(CCN2CCOCC2)C(=O)c2cccs2)c1. The lowest BCUT2D eigenvalue weighted by atomic mass is 10.1. The smallest absolute Gasteiger partial charge is 0.264 e. The summed E-state index contributed by atoms with van der Waals surface area (Å²) in [6.07, 6.45) is 3.84. The van der Waals surface area contributed by atoms with Crippen LogP contribution in [0.2, 0.25) is 0 Å². The Balaban J connectivity index is 1.50. The van der Waals surface area contributed by atoms with Gasteiger partial charge >= 0.3 is 0 Å². The fourth-order valence-electron chi connectivity index (χ4n) is 3.86. The lowest BCUT2D eigenvalue weighted by Crippen LogP contribution is -2.43. The number of rotatable bonds is 8. The topological polar surface area (TPSA) is 50.6 Å². The van der Waals surface area contributed by atoms with Crippen LogP contribution in [0.15, 0.2) is 48.1 Å². The number of hydrogen-bond acceptors (Lipinski definition) is 5. The number of morpholine rings is 1. The summed E-state index contributed by atoms with van der Waals surface area (Å²) in [7, 11) is 0. The van der Waals surface area contributed by atoms with Crippen LogP contribution in [0.4, 0.5) is 0 Å². The van der Waals surface area contributed by atoms with E-state index in [0.29, 0.717) is 13.1 Å². The molecule has 1 fully saturated rings. The van der Waals surface area contributed by atoms with Crippen molar-refractivity contribution in [2.24, 2.45) is 0 Å². The number of aromatic nitrogens is 2. The van der Waals surface area contributed by atoms with E-state index in [1.807, 2.05) is 34.8 Å². The molecule has 0 aliphatic carbocycles. The van der Waals surface area contributed by atoms with Gasteiger partial charge in [-0.15, -0.1) is 11.3 Å². The van der Waals surface area contributed by atoms with Crippen molar-refractivity contribution in [3.63, 3.8) is 0 Å². The van der Waals surface area contributed by atoms with Crippen LogP contribution in [0.25, 0.3) is 0 Å². The van der Waals surface area contributed by atoms with Crippen molar-refractivity contribution in [1.29, 1.82) is 0 Å². The molecule has 1 amide bonds. The Morgan fingerprint density at radius 2 is 2.06 bits per heavy atom. The first-order chi connectivity index (χ1) is 15.1. The van der Waals surface area contributed by atoms with Gasteiger partial charge in [0.1, 0.15) is 5.82 Å². The van der Waals surface area contributed by atoms with Crippen LogP contribution < -0.4 is 0 Å². The van der Waals surface area contributed by atoms with Gasteiger partial charge in [-0.2, -0.15) is 0 Å². The summed E-state index contributed by atoms with van der Waals surface area (Å²) in [6, 6.07) is 10.4. The van der Waals surface area contributed by atoms with Crippen molar-refractivity contribution in [3.05, 3.63) is 75.5 Å². The van der Waals surface area contributed by atoms with E-state index >= 15 is 0 Å². The number of thiophene rings is 1. The second-order valence-electron chi connectivity index (χ2n) is 8.06. The average molecular weight is 439 g/mol. The Morgan fingerprint density at radius 3 is 2.84 bits per heavy atom. The Bertz CT molecular complexity index is 993. The van der Waals surface area contributed by atoms with Gasteiger partial charge in [-0.3, -0.25) is 9.69 Å². The third-order valence-electron chi connectivity index (χ3n) is 5.79. The molecule has 7 heteroatoms. The zero-order valence-electron chi connectivity index (χ0n) is 18.3. The maximum absolute atomic E-state index is 13.2. The van der Waals surface area contributed by atoms with Gasteiger partial charge in [0.05, 0.1) is 24.6 Å². The normalized spacial score (nSPS) is 14.6. The number of carbonyl (C=O) groups excluding carboxylic acids is 1. The lowest BCUT2D eigenvalue weighted by molar-refractivity contribution is 0.0319. The highest BCUT2D eigenvalue weighted by Crippen LogP contribution is 2.17. The zero-order valence-corrected chi connectivity index (χ0v) is 19.1. The minimum atomic E-state index is 0.0737. The Labute approximate surface area is 188 Å². The summed E-state index contributed by atoms with van der Waals surface area (Å²) in [5, 5.41) is 1.95. The van der Waals surface area contributed by atoms with Crippen LogP contribution in [0.3, 0.4) is 0 Å². The predicted molar refractivity (Wildman–Crippen MR) is 124 cm³/mol. The fourth-order valence-corrected chi connectivity index (χ4v) is 4.55. The van der Waals surface area contributed by atoms with Crippen molar-refractivity contribution in [2.45, 2.75) is 26.9 Å². The molecule has 164 valence electrons. The molecule has 4 rings (SSSR count). The van der Waals surface area contributed by atoms with Crippen LogP contribution in [-0.2, 0) is 17.8 Å². The molecule has 31 heavy (non-hydrogen) atoms. The van der Waals surface area contributed by atoms with Crippen LogP contribution >= 0.6 is 11.3 Å². The van der Waals surface area contributed by atoms with Crippen molar-refractivity contribution in [2.75, 3.05) is 39.4 Å². The molecule has 0 spiro atoms. The van der Waals surface area contributed by atoms with Gasteiger partial charge in [-0.05, 0) is 36.4 Å². The highest BCUT2D eigenvalue weighted by molar-refractivity contribution is 7.12. The van der Waals surface area contributed by atoms with Gasteiger partial charge in [-0.25, -0.2) is 4.98 Å². The standard InChI is InChI=1S/C24H30N4O2S/c1-19-5-6-20(2)21(16-19)17-27-8-7-25-23(27)18-28(24(29)22-4-3-15-31-22)10-9-26-11-13-30-14-12-26/h3-8,15-16H,9-14,17-18H2,1-2H3. The van der Waals surface area contributed by atoms with E-state index in [-0.39, 0.29) is 5.91 Å². The number of hydrogen-bond donors (Lipinski definition) is 0. The second-order valence-corrected chi connectivity index (χ2v) is 9.01. The number of nitrogens with zero attached hydrogens (tertiary/aromatic N) is 4. The number of aryl methyl sites for hydroxylation is 2. The number of carbonyl (C=O) groups is 1. The zero-order chi connectivity index (χ0) is 21.6. The molecule has 2 aromatic heterocycles. The Kier molecular flexibility index (Phi) is 7.17. The van der Waals surface area contributed by atoms with Crippen molar-refractivity contribution >= 4 is 17.2 Å². The summed E-state index contributed by atoms with van der Waals surface area (Å²) < 4.78 is 7.61. The first-order valence-electron chi connectivity index (χ1n) is 10.8. The van der Waals surface area contributed by atoms with Gasteiger partial charge < -0.3 is 14.2 Å². The number of benzene rings is 1. The molecule has 1 aromatic carbocycles. The molecule has 3 heterocycles. The first-order valence-corrected chi connectivity index (χ1v) is 11.7. The predicted octanol–water partition coefficient (Wildman–Crippen LogP) is 3.58. The third kappa shape index (κ3) is 5.61. The largest absolute Gasteiger partial charge is 0.379 e. The minimum absolute atomic E-state index is 0.0737. The Morgan fingerprint density at radius 1 is 1.23 bits per heavy atom. The minimum Gasteiger partial charge on any atom is -0.379 e. The molecule has 0 unspecified atom stereocenters. The maximum atomic E-state index is 13.2.